The summed E-state index contributed by atoms with van der Waals surface area (Å²) in [5.74, 6) is 0. The average molecular weight is 253 g/mol. The Morgan fingerprint density at radius 2 is 2.00 bits per heavy atom. The smallest absolute Gasteiger partial charge is 0.189 e. The molecule has 0 N–H and O–H groups in total. The van der Waals surface area contributed by atoms with Crippen LogP contribution >= 0.6 is 22.9 Å². The van der Waals surface area contributed by atoms with Crippen LogP contribution in [0.15, 0.2) is 28.7 Å². The van der Waals surface area contributed by atoms with Gasteiger partial charge in [0.15, 0.2) is 4.80 Å². The molecule has 0 saturated heterocycles. The van der Waals surface area contributed by atoms with E-state index in [4.69, 9.17) is 11.6 Å². The number of aromatic nitrogens is 1. The maximum atomic E-state index is 6.10. The van der Waals surface area contributed by atoms with Crippen LogP contribution in [0.25, 0.3) is 0 Å². The SMILES string of the molecule is Cc1cc(C)c(N=c2sccn2C)cc1Cl. The highest BCUT2D eigenvalue weighted by Gasteiger charge is 2.02. The lowest BCUT2D eigenvalue weighted by Crippen LogP contribution is -2.08. The molecule has 0 amide bonds. The van der Waals surface area contributed by atoms with Crippen molar-refractivity contribution in [2.24, 2.45) is 12.0 Å². The number of aryl methyl sites for hydroxylation is 3. The molecular formula is C12H13ClN2S. The Hall–Kier alpha value is -1.06. The monoisotopic (exact) mass is 252 g/mol. The van der Waals surface area contributed by atoms with Crippen molar-refractivity contribution in [2.45, 2.75) is 13.8 Å². The first-order chi connectivity index (χ1) is 7.58. The minimum Gasteiger partial charge on any atom is -0.327 e. The van der Waals surface area contributed by atoms with Crippen LogP contribution in [0.5, 0.6) is 0 Å². The van der Waals surface area contributed by atoms with Crippen LogP contribution in [0.2, 0.25) is 5.02 Å². The first-order valence-corrected chi connectivity index (χ1v) is 6.25. The Morgan fingerprint density at radius 1 is 1.25 bits per heavy atom. The molecule has 0 aliphatic rings. The third-order valence-corrected chi connectivity index (χ3v) is 3.71. The molecule has 0 aliphatic heterocycles. The lowest BCUT2D eigenvalue weighted by Gasteiger charge is -2.03. The van der Waals surface area contributed by atoms with Crippen molar-refractivity contribution >= 4 is 28.6 Å². The fourth-order valence-corrected chi connectivity index (χ4v) is 2.37. The molecule has 0 saturated carbocycles. The second kappa shape index (κ2) is 4.44. The predicted octanol–water partition coefficient (Wildman–Crippen LogP) is 3.59. The van der Waals surface area contributed by atoms with Gasteiger partial charge in [-0.25, -0.2) is 4.99 Å². The van der Waals surface area contributed by atoms with Crippen LogP contribution in [0.4, 0.5) is 5.69 Å². The molecule has 1 heterocycles. The molecule has 0 unspecified atom stereocenters. The zero-order valence-corrected chi connectivity index (χ0v) is 11.1. The summed E-state index contributed by atoms with van der Waals surface area (Å²) < 4.78 is 2.00. The van der Waals surface area contributed by atoms with Crippen molar-refractivity contribution in [3.05, 3.63) is 44.7 Å². The number of benzene rings is 1. The maximum Gasteiger partial charge on any atom is 0.189 e. The second-order valence-corrected chi connectivity index (χ2v) is 5.08. The van der Waals surface area contributed by atoms with E-state index in [0.717, 1.165) is 26.6 Å². The van der Waals surface area contributed by atoms with Gasteiger partial charge in [-0.3, -0.25) is 0 Å². The largest absolute Gasteiger partial charge is 0.327 e. The fourth-order valence-electron chi connectivity index (χ4n) is 1.47. The summed E-state index contributed by atoms with van der Waals surface area (Å²) in [6.07, 6.45) is 1.99. The molecule has 0 bridgehead atoms. The van der Waals surface area contributed by atoms with Gasteiger partial charge in [-0.15, -0.1) is 11.3 Å². The molecule has 0 radical (unpaired) electrons. The van der Waals surface area contributed by atoms with Crippen LogP contribution < -0.4 is 4.80 Å². The molecule has 0 spiro atoms. The molecule has 0 atom stereocenters. The Bertz CT molecular complexity index is 581. The van der Waals surface area contributed by atoms with Crippen molar-refractivity contribution in [1.82, 2.24) is 4.57 Å². The highest BCUT2D eigenvalue weighted by molar-refractivity contribution is 7.07. The Balaban J connectivity index is 2.59. The standard InChI is InChI=1S/C12H13ClN2S/c1-8-6-9(2)11(7-10(8)13)14-12-15(3)4-5-16-12/h4-7H,1-3H3. The first-order valence-electron chi connectivity index (χ1n) is 4.99. The van der Waals surface area contributed by atoms with Gasteiger partial charge in [0.2, 0.25) is 0 Å². The molecule has 0 aliphatic carbocycles. The number of halogens is 1. The van der Waals surface area contributed by atoms with Gasteiger partial charge in [-0.2, -0.15) is 0 Å². The van der Waals surface area contributed by atoms with Gasteiger partial charge in [-0.05, 0) is 31.0 Å². The van der Waals surface area contributed by atoms with Gasteiger partial charge in [0.25, 0.3) is 0 Å². The third kappa shape index (κ3) is 2.20. The Labute approximate surface area is 104 Å². The summed E-state index contributed by atoms with van der Waals surface area (Å²) in [6.45, 7) is 4.06. The molecule has 2 rings (SSSR count). The molecule has 4 heteroatoms. The van der Waals surface area contributed by atoms with Gasteiger partial charge < -0.3 is 4.57 Å². The molecule has 1 aromatic heterocycles. The number of rotatable bonds is 1. The highest BCUT2D eigenvalue weighted by Crippen LogP contribution is 2.26. The summed E-state index contributed by atoms with van der Waals surface area (Å²) in [7, 11) is 1.99. The van der Waals surface area contributed by atoms with E-state index in [1.54, 1.807) is 11.3 Å². The summed E-state index contributed by atoms with van der Waals surface area (Å²) in [5, 5.41) is 2.79. The van der Waals surface area contributed by atoms with E-state index < -0.39 is 0 Å². The van der Waals surface area contributed by atoms with E-state index >= 15 is 0 Å². The second-order valence-electron chi connectivity index (χ2n) is 3.80. The molecule has 0 fully saturated rings. The number of nitrogens with zero attached hydrogens (tertiary/aromatic N) is 2. The van der Waals surface area contributed by atoms with Gasteiger partial charge in [0, 0.05) is 23.6 Å². The predicted molar refractivity (Wildman–Crippen MR) is 69.4 cm³/mol. The molecule has 2 nitrogen and oxygen atoms in total. The quantitative estimate of drug-likeness (QED) is 0.738. The first kappa shape index (κ1) is 11.4. The molecular weight excluding hydrogens is 240 g/mol. The Morgan fingerprint density at radius 3 is 2.62 bits per heavy atom. The summed E-state index contributed by atoms with van der Waals surface area (Å²) in [5.41, 5.74) is 3.18. The van der Waals surface area contributed by atoms with Crippen LogP contribution in [0, 0.1) is 13.8 Å². The molecule has 16 heavy (non-hydrogen) atoms. The summed E-state index contributed by atoms with van der Waals surface area (Å²) in [4.78, 5) is 5.57. The zero-order valence-electron chi connectivity index (χ0n) is 9.49. The minimum atomic E-state index is 0.767. The van der Waals surface area contributed by atoms with Crippen LogP contribution in [-0.4, -0.2) is 4.57 Å². The summed E-state index contributed by atoms with van der Waals surface area (Å²) in [6, 6.07) is 3.99. The van der Waals surface area contributed by atoms with Crippen molar-refractivity contribution in [3.8, 4) is 0 Å². The minimum absolute atomic E-state index is 0.767. The lowest BCUT2D eigenvalue weighted by molar-refractivity contribution is 0.873. The fraction of sp³-hybridized carbons (Fsp3) is 0.250. The maximum absolute atomic E-state index is 6.10. The van der Waals surface area contributed by atoms with Gasteiger partial charge in [0.1, 0.15) is 0 Å². The van der Waals surface area contributed by atoms with Crippen LogP contribution in [0.1, 0.15) is 11.1 Å². The number of hydrogen-bond donors (Lipinski definition) is 0. The van der Waals surface area contributed by atoms with Gasteiger partial charge in [-0.1, -0.05) is 17.7 Å². The van der Waals surface area contributed by atoms with Crippen molar-refractivity contribution < 1.29 is 0 Å². The number of hydrogen-bond acceptors (Lipinski definition) is 2. The van der Waals surface area contributed by atoms with E-state index in [2.05, 4.69) is 18.0 Å². The van der Waals surface area contributed by atoms with Crippen LogP contribution in [0.3, 0.4) is 0 Å². The lowest BCUT2D eigenvalue weighted by atomic mass is 10.1. The third-order valence-electron chi connectivity index (χ3n) is 2.45. The number of thiazole rings is 1. The van der Waals surface area contributed by atoms with Crippen LogP contribution in [-0.2, 0) is 7.05 Å². The molecule has 1 aromatic carbocycles. The Kier molecular flexibility index (Phi) is 3.17. The topological polar surface area (TPSA) is 17.3 Å². The van der Waals surface area contributed by atoms with Crippen molar-refractivity contribution in [2.75, 3.05) is 0 Å². The van der Waals surface area contributed by atoms with E-state index in [0.29, 0.717) is 0 Å². The zero-order chi connectivity index (χ0) is 11.7. The molecule has 84 valence electrons. The summed E-state index contributed by atoms with van der Waals surface area (Å²) >= 11 is 7.72. The van der Waals surface area contributed by atoms with Crippen molar-refractivity contribution in [3.63, 3.8) is 0 Å². The average Bonchev–Trinajstić information content (AvgIpc) is 2.61. The normalized spacial score (nSPS) is 12.1. The van der Waals surface area contributed by atoms with E-state index in [9.17, 15) is 0 Å². The highest BCUT2D eigenvalue weighted by atomic mass is 35.5. The molecule has 2 aromatic rings. The van der Waals surface area contributed by atoms with Crippen molar-refractivity contribution in [1.29, 1.82) is 0 Å². The van der Waals surface area contributed by atoms with Gasteiger partial charge in [0.05, 0.1) is 5.69 Å². The van der Waals surface area contributed by atoms with E-state index in [1.807, 2.05) is 36.2 Å². The van der Waals surface area contributed by atoms with E-state index in [-0.39, 0.29) is 0 Å². The van der Waals surface area contributed by atoms with Gasteiger partial charge >= 0.3 is 0 Å². The van der Waals surface area contributed by atoms with E-state index in [1.165, 1.54) is 0 Å².